The zero-order chi connectivity index (χ0) is 15.7. The summed E-state index contributed by atoms with van der Waals surface area (Å²) < 4.78 is 0. The van der Waals surface area contributed by atoms with E-state index >= 15 is 0 Å². The SMILES string of the molecule is O=C(O)[C@@H]1CN(C(=O)c2cscn2)C[C@H]1c1ccc(Cl)cc1. The molecule has 0 bridgehead atoms. The average Bonchev–Trinajstić information content (AvgIpc) is 3.17. The highest BCUT2D eigenvalue weighted by Crippen LogP contribution is 2.34. The third kappa shape index (κ3) is 2.84. The summed E-state index contributed by atoms with van der Waals surface area (Å²) in [6.07, 6.45) is 0. The molecule has 1 aliphatic rings. The quantitative estimate of drug-likeness (QED) is 0.935. The second-order valence-electron chi connectivity index (χ2n) is 5.19. The number of halogens is 1. The number of hydrogen-bond donors (Lipinski definition) is 1. The molecule has 0 saturated carbocycles. The van der Waals surface area contributed by atoms with Gasteiger partial charge in [-0.05, 0) is 17.7 Å². The van der Waals surface area contributed by atoms with E-state index in [2.05, 4.69) is 4.98 Å². The van der Waals surface area contributed by atoms with Gasteiger partial charge < -0.3 is 10.0 Å². The molecule has 114 valence electrons. The zero-order valence-electron chi connectivity index (χ0n) is 11.5. The summed E-state index contributed by atoms with van der Waals surface area (Å²) in [5.74, 6) is -1.97. The summed E-state index contributed by atoms with van der Waals surface area (Å²) in [5.41, 5.74) is 2.84. The molecule has 22 heavy (non-hydrogen) atoms. The molecule has 2 aromatic rings. The van der Waals surface area contributed by atoms with Crippen molar-refractivity contribution in [3.05, 3.63) is 51.4 Å². The molecular formula is C15H13ClN2O3S. The molecule has 0 aliphatic carbocycles. The minimum Gasteiger partial charge on any atom is -0.481 e. The number of benzene rings is 1. The molecule has 1 saturated heterocycles. The fourth-order valence-corrected chi connectivity index (χ4v) is 3.40. The van der Waals surface area contributed by atoms with E-state index in [-0.39, 0.29) is 18.4 Å². The van der Waals surface area contributed by atoms with E-state index in [0.29, 0.717) is 17.3 Å². The van der Waals surface area contributed by atoms with Crippen LogP contribution in [0.25, 0.3) is 0 Å². The van der Waals surface area contributed by atoms with Crippen LogP contribution in [0.2, 0.25) is 5.02 Å². The Morgan fingerprint density at radius 1 is 1.27 bits per heavy atom. The second kappa shape index (κ2) is 6.06. The highest BCUT2D eigenvalue weighted by molar-refractivity contribution is 7.07. The van der Waals surface area contributed by atoms with E-state index < -0.39 is 11.9 Å². The first-order valence-corrected chi connectivity index (χ1v) is 8.04. The van der Waals surface area contributed by atoms with E-state index in [0.717, 1.165) is 5.56 Å². The minimum atomic E-state index is -0.895. The van der Waals surface area contributed by atoms with Crippen LogP contribution < -0.4 is 0 Å². The molecule has 1 fully saturated rings. The van der Waals surface area contributed by atoms with Gasteiger partial charge in [-0.2, -0.15) is 0 Å². The Kier molecular flexibility index (Phi) is 4.13. The third-order valence-corrected chi connectivity index (χ3v) is 4.71. The van der Waals surface area contributed by atoms with Gasteiger partial charge in [-0.1, -0.05) is 23.7 Å². The fourth-order valence-electron chi connectivity index (χ4n) is 2.75. The first kappa shape index (κ1) is 15.0. The Labute approximate surface area is 136 Å². The molecular weight excluding hydrogens is 324 g/mol. The lowest BCUT2D eigenvalue weighted by atomic mass is 9.89. The molecule has 2 heterocycles. The van der Waals surface area contributed by atoms with Crippen LogP contribution in [-0.4, -0.2) is 40.0 Å². The number of carbonyl (C=O) groups is 2. The molecule has 3 rings (SSSR count). The van der Waals surface area contributed by atoms with Crippen LogP contribution in [0, 0.1) is 5.92 Å². The van der Waals surface area contributed by atoms with E-state index in [1.165, 1.54) is 11.3 Å². The Balaban J connectivity index is 1.85. The van der Waals surface area contributed by atoms with Gasteiger partial charge >= 0.3 is 5.97 Å². The number of nitrogens with zero attached hydrogens (tertiary/aromatic N) is 2. The third-order valence-electron chi connectivity index (χ3n) is 3.87. The maximum absolute atomic E-state index is 12.4. The van der Waals surface area contributed by atoms with Crippen molar-refractivity contribution >= 4 is 34.8 Å². The molecule has 1 aromatic carbocycles. The van der Waals surface area contributed by atoms with Crippen molar-refractivity contribution in [2.45, 2.75) is 5.92 Å². The monoisotopic (exact) mass is 336 g/mol. The normalized spacial score (nSPS) is 21.0. The Morgan fingerprint density at radius 3 is 2.59 bits per heavy atom. The lowest BCUT2D eigenvalue weighted by Gasteiger charge is -2.15. The molecule has 7 heteroatoms. The summed E-state index contributed by atoms with van der Waals surface area (Å²) >= 11 is 7.22. The molecule has 1 amide bonds. The predicted octanol–water partition coefficient (Wildman–Crippen LogP) is 2.74. The Morgan fingerprint density at radius 2 is 2.00 bits per heavy atom. The van der Waals surface area contributed by atoms with Crippen molar-refractivity contribution in [3.63, 3.8) is 0 Å². The highest BCUT2D eigenvalue weighted by Gasteiger charge is 2.40. The Bertz CT molecular complexity index is 687. The molecule has 0 spiro atoms. The number of amides is 1. The van der Waals surface area contributed by atoms with Gasteiger partial charge in [0.1, 0.15) is 5.69 Å². The number of likely N-dealkylation sites (tertiary alicyclic amines) is 1. The number of aromatic nitrogens is 1. The molecule has 1 N–H and O–H groups in total. The van der Waals surface area contributed by atoms with Crippen LogP contribution >= 0.6 is 22.9 Å². The summed E-state index contributed by atoms with van der Waals surface area (Å²) in [5, 5.41) is 11.7. The van der Waals surface area contributed by atoms with Crippen molar-refractivity contribution in [2.24, 2.45) is 5.92 Å². The summed E-state index contributed by atoms with van der Waals surface area (Å²) in [4.78, 5) is 29.5. The van der Waals surface area contributed by atoms with Crippen molar-refractivity contribution in [3.8, 4) is 0 Å². The van der Waals surface area contributed by atoms with E-state index in [4.69, 9.17) is 11.6 Å². The smallest absolute Gasteiger partial charge is 0.308 e. The number of aliphatic carboxylic acids is 1. The number of rotatable bonds is 3. The fraction of sp³-hybridized carbons (Fsp3) is 0.267. The molecule has 0 unspecified atom stereocenters. The summed E-state index contributed by atoms with van der Waals surface area (Å²) in [7, 11) is 0. The van der Waals surface area contributed by atoms with Crippen LogP contribution in [0.1, 0.15) is 22.0 Å². The van der Waals surface area contributed by atoms with Crippen LogP contribution in [-0.2, 0) is 4.79 Å². The van der Waals surface area contributed by atoms with Gasteiger partial charge in [-0.25, -0.2) is 4.98 Å². The summed E-state index contributed by atoms with van der Waals surface area (Å²) in [6, 6.07) is 7.11. The minimum absolute atomic E-state index is 0.193. The number of carboxylic acid groups (broad SMARTS) is 1. The van der Waals surface area contributed by atoms with Gasteiger partial charge in [0, 0.05) is 29.4 Å². The largest absolute Gasteiger partial charge is 0.481 e. The number of carboxylic acids is 1. The van der Waals surface area contributed by atoms with Crippen molar-refractivity contribution in [2.75, 3.05) is 13.1 Å². The zero-order valence-corrected chi connectivity index (χ0v) is 13.0. The maximum Gasteiger partial charge on any atom is 0.308 e. The van der Waals surface area contributed by atoms with E-state index in [1.54, 1.807) is 27.9 Å². The van der Waals surface area contributed by atoms with Gasteiger partial charge in [0.05, 0.1) is 11.4 Å². The van der Waals surface area contributed by atoms with Gasteiger partial charge in [0.2, 0.25) is 0 Å². The van der Waals surface area contributed by atoms with Gasteiger partial charge in [0.15, 0.2) is 0 Å². The lowest BCUT2D eigenvalue weighted by molar-refractivity contribution is -0.141. The molecule has 5 nitrogen and oxygen atoms in total. The topological polar surface area (TPSA) is 70.5 Å². The maximum atomic E-state index is 12.4. The molecule has 1 aromatic heterocycles. The average molecular weight is 337 g/mol. The van der Waals surface area contributed by atoms with Gasteiger partial charge in [0.25, 0.3) is 5.91 Å². The van der Waals surface area contributed by atoms with E-state index in [1.807, 2.05) is 12.1 Å². The highest BCUT2D eigenvalue weighted by atomic mass is 35.5. The first-order chi connectivity index (χ1) is 10.6. The second-order valence-corrected chi connectivity index (χ2v) is 6.34. The Hall–Kier alpha value is -1.92. The van der Waals surface area contributed by atoms with E-state index in [9.17, 15) is 14.7 Å². The molecule has 1 aliphatic heterocycles. The molecule has 0 radical (unpaired) electrons. The number of carbonyl (C=O) groups excluding carboxylic acids is 1. The van der Waals surface area contributed by atoms with Crippen LogP contribution in [0.5, 0.6) is 0 Å². The van der Waals surface area contributed by atoms with Crippen molar-refractivity contribution in [1.82, 2.24) is 9.88 Å². The number of thiazole rings is 1. The first-order valence-electron chi connectivity index (χ1n) is 6.72. The van der Waals surface area contributed by atoms with Gasteiger partial charge in [-0.3, -0.25) is 9.59 Å². The number of hydrogen-bond acceptors (Lipinski definition) is 4. The van der Waals surface area contributed by atoms with Crippen molar-refractivity contribution < 1.29 is 14.7 Å². The predicted molar refractivity (Wildman–Crippen MR) is 83.3 cm³/mol. The molecule has 2 atom stereocenters. The van der Waals surface area contributed by atoms with Crippen LogP contribution in [0.4, 0.5) is 0 Å². The lowest BCUT2D eigenvalue weighted by Crippen LogP contribution is -2.30. The summed E-state index contributed by atoms with van der Waals surface area (Å²) in [6.45, 7) is 0.563. The standard InChI is InChI=1S/C15H13ClN2O3S/c16-10-3-1-9(2-4-10)11-5-18(6-12(11)15(20)21)14(19)13-7-22-8-17-13/h1-4,7-8,11-12H,5-6H2,(H,20,21)/t11-,12+/m0/s1. The van der Waals surface area contributed by atoms with Crippen molar-refractivity contribution in [1.29, 1.82) is 0 Å². The van der Waals surface area contributed by atoms with Gasteiger partial charge in [-0.15, -0.1) is 11.3 Å². The van der Waals surface area contributed by atoms with Crippen LogP contribution in [0.3, 0.4) is 0 Å². The van der Waals surface area contributed by atoms with Crippen LogP contribution in [0.15, 0.2) is 35.2 Å².